The Hall–Kier alpha value is -1.36. The normalized spacial score (nSPS) is 23.8. The molecule has 0 aromatic heterocycles. The van der Waals surface area contributed by atoms with E-state index in [2.05, 4.69) is 17.5 Å². The minimum absolute atomic E-state index is 0.00298. The topological polar surface area (TPSA) is 69.6 Å². The fourth-order valence-corrected chi connectivity index (χ4v) is 2.89. The third-order valence-corrected chi connectivity index (χ3v) is 3.90. The van der Waals surface area contributed by atoms with Crippen LogP contribution >= 0.6 is 0 Å². The molecule has 5 heteroatoms. The molecule has 0 aromatic rings. The van der Waals surface area contributed by atoms with E-state index in [0.29, 0.717) is 12.5 Å². The molecular weight excluding hydrogens is 244 g/mol. The summed E-state index contributed by atoms with van der Waals surface area (Å²) >= 11 is 0. The van der Waals surface area contributed by atoms with E-state index in [1.807, 2.05) is 4.90 Å². The zero-order chi connectivity index (χ0) is 13.7. The van der Waals surface area contributed by atoms with Crippen LogP contribution in [0.2, 0.25) is 0 Å². The van der Waals surface area contributed by atoms with Gasteiger partial charge in [0.25, 0.3) is 0 Å². The number of likely N-dealkylation sites (tertiary alicyclic amines) is 1. The first-order valence-corrected chi connectivity index (χ1v) is 7.03. The van der Waals surface area contributed by atoms with Gasteiger partial charge in [-0.3, -0.25) is 9.59 Å². The summed E-state index contributed by atoms with van der Waals surface area (Å²) in [5, 5.41) is 11.5. The Balaban J connectivity index is 1.76. The number of piperidine rings is 1. The van der Waals surface area contributed by atoms with Crippen LogP contribution in [0.4, 0.5) is 0 Å². The largest absolute Gasteiger partial charge is 0.480 e. The summed E-state index contributed by atoms with van der Waals surface area (Å²) in [5.74, 6) is -0.0363. The Bertz CT molecular complexity index is 360. The number of rotatable bonds is 5. The fraction of sp³-hybridized carbons (Fsp3) is 0.714. The van der Waals surface area contributed by atoms with Crippen molar-refractivity contribution in [2.24, 2.45) is 11.8 Å². The van der Waals surface area contributed by atoms with Crippen LogP contribution in [-0.4, -0.2) is 48.1 Å². The molecule has 1 saturated heterocycles. The van der Waals surface area contributed by atoms with Gasteiger partial charge in [0.1, 0.15) is 0 Å². The van der Waals surface area contributed by atoms with Crippen molar-refractivity contribution >= 4 is 11.9 Å². The number of amides is 1. The van der Waals surface area contributed by atoms with Gasteiger partial charge in [0.2, 0.25) is 5.91 Å². The maximum atomic E-state index is 12.3. The maximum absolute atomic E-state index is 12.3. The van der Waals surface area contributed by atoms with Crippen molar-refractivity contribution in [1.82, 2.24) is 10.2 Å². The van der Waals surface area contributed by atoms with Gasteiger partial charge in [0, 0.05) is 25.6 Å². The predicted octanol–water partition coefficient (Wildman–Crippen LogP) is 0.865. The zero-order valence-electron chi connectivity index (χ0n) is 11.2. The molecular formula is C14H22N2O3. The van der Waals surface area contributed by atoms with E-state index in [4.69, 9.17) is 5.11 Å². The van der Waals surface area contributed by atoms with Gasteiger partial charge in [0.05, 0.1) is 6.54 Å². The lowest BCUT2D eigenvalue weighted by atomic mass is 9.96. The number of allylic oxidation sites excluding steroid dienone is 2. The Morgan fingerprint density at radius 2 is 2.05 bits per heavy atom. The summed E-state index contributed by atoms with van der Waals surface area (Å²) in [4.78, 5) is 24.7. The highest BCUT2D eigenvalue weighted by Crippen LogP contribution is 2.24. The van der Waals surface area contributed by atoms with Crippen molar-refractivity contribution in [3.05, 3.63) is 12.2 Å². The number of hydrogen-bond donors (Lipinski definition) is 2. The molecule has 2 N–H and O–H groups in total. The van der Waals surface area contributed by atoms with E-state index < -0.39 is 5.97 Å². The Kier molecular flexibility index (Phi) is 4.96. The van der Waals surface area contributed by atoms with Gasteiger partial charge in [-0.1, -0.05) is 12.2 Å². The molecule has 2 rings (SSSR count). The van der Waals surface area contributed by atoms with Crippen molar-refractivity contribution in [1.29, 1.82) is 0 Å². The summed E-state index contributed by atoms with van der Waals surface area (Å²) in [6.07, 6.45) is 8.00. The average Bonchev–Trinajstić information content (AvgIpc) is 2.91. The highest BCUT2D eigenvalue weighted by Gasteiger charge is 2.28. The van der Waals surface area contributed by atoms with Crippen molar-refractivity contribution in [2.45, 2.75) is 25.7 Å². The van der Waals surface area contributed by atoms with Crippen molar-refractivity contribution in [2.75, 3.05) is 26.2 Å². The van der Waals surface area contributed by atoms with Crippen LogP contribution in [0.5, 0.6) is 0 Å². The molecule has 1 aliphatic heterocycles. The molecule has 0 bridgehead atoms. The number of nitrogens with zero attached hydrogens (tertiary/aromatic N) is 1. The predicted molar refractivity (Wildman–Crippen MR) is 71.7 cm³/mol. The van der Waals surface area contributed by atoms with Crippen LogP contribution < -0.4 is 5.32 Å². The molecule has 0 spiro atoms. The van der Waals surface area contributed by atoms with Gasteiger partial charge in [-0.05, 0) is 31.6 Å². The highest BCUT2D eigenvalue weighted by molar-refractivity contribution is 5.79. The molecule has 1 aliphatic carbocycles. The third kappa shape index (κ3) is 4.06. The lowest BCUT2D eigenvalue weighted by molar-refractivity contribution is -0.138. The first kappa shape index (κ1) is 14.1. The Labute approximate surface area is 113 Å². The number of carboxylic acids is 1. The third-order valence-electron chi connectivity index (χ3n) is 3.90. The zero-order valence-corrected chi connectivity index (χ0v) is 11.2. The van der Waals surface area contributed by atoms with E-state index in [1.54, 1.807) is 0 Å². The molecule has 1 unspecified atom stereocenters. The van der Waals surface area contributed by atoms with Crippen LogP contribution in [0, 0.1) is 11.8 Å². The van der Waals surface area contributed by atoms with Gasteiger partial charge in [-0.2, -0.15) is 0 Å². The fourth-order valence-electron chi connectivity index (χ4n) is 2.89. The number of aliphatic carboxylic acids is 1. The quantitative estimate of drug-likeness (QED) is 0.724. The maximum Gasteiger partial charge on any atom is 0.317 e. The summed E-state index contributed by atoms with van der Waals surface area (Å²) in [6, 6.07) is 0. The van der Waals surface area contributed by atoms with E-state index in [1.165, 1.54) is 0 Å². The number of carbonyl (C=O) groups excluding carboxylic acids is 1. The van der Waals surface area contributed by atoms with E-state index in [0.717, 1.165) is 38.8 Å². The highest BCUT2D eigenvalue weighted by atomic mass is 16.4. The molecule has 0 radical (unpaired) electrons. The van der Waals surface area contributed by atoms with Crippen LogP contribution in [0.25, 0.3) is 0 Å². The molecule has 0 aromatic carbocycles. The second kappa shape index (κ2) is 6.70. The summed E-state index contributed by atoms with van der Waals surface area (Å²) < 4.78 is 0. The molecule has 1 atom stereocenters. The number of carbonyl (C=O) groups is 2. The average molecular weight is 266 g/mol. The monoisotopic (exact) mass is 266 g/mol. The van der Waals surface area contributed by atoms with Crippen LogP contribution in [0.15, 0.2) is 12.2 Å². The summed E-state index contributed by atoms with van der Waals surface area (Å²) in [7, 11) is 0. The number of nitrogens with one attached hydrogen (secondary N) is 1. The minimum Gasteiger partial charge on any atom is -0.480 e. The molecule has 2 aliphatic rings. The first-order valence-electron chi connectivity index (χ1n) is 7.03. The van der Waals surface area contributed by atoms with Gasteiger partial charge in [-0.25, -0.2) is 0 Å². The number of hydrogen-bond acceptors (Lipinski definition) is 3. The Morgan fingerprint density at radius 3 is 2.74 bits per heavy atom. The van der Waals surface area contributed by atoms with Crippen molar-refractivity contribution < 1.29 is 14.7 Å². The molecule has 1 heterocycles. The van der Waals surface area contributed by atoms with Crippen LogP contribution in [0.1, 0.15) is 25.7 Å². The first-order chi connectivity index (χ1) is 9.16. The van der Waals surface area contributed by atoms with Gasteiger partial charge >= 0.3 is 5.97 Å². The summed E-state index contributed by atoms with van der Waals surface area (Å²) in [6.45, 7) is 2.29. The van der Waals surface area contributed by atoms with Gasteiger partial charge < -0.3 is 15.3 Å². The smallest absolute Gasteiger partial charge is 0.317 e. The molecule has 1 fully saturated rings. The standard InChI is InChI=1S/C14H22N2O3/c17-13(18)9-15-8-11-4-3-7-16(10-11)14(19)12-5-1-2-6-12/h1-2,11-12,15H,3-10H2,(H,17,18). The van der Waals surface area contributed by atoms with Crippen LogP contribution in [-0.2, 0) is 9.59 Å². The van der Waals surface area contributed by atoms with Crippen LogP contribution in [0.3, 0.4) is 0 Å². The lowest BCUT2D eigenvalue weighted by Gasteiger charge is -2.34. The molecule has 1 amide bonds. The molecule has 106 valence electrons. The summed E-state index contributed by atoms with van der Waals surface area (Å²) in [5.41, 5.74) is 0. The van der Waals surface area contributed by atoms with Crippen molar-refractivity contribution in [3.8, 4) is 0 Å². The van der Waals surface area contributed by atoms with Gasteiger partial charge in [0.15, 0.2) is 0 Å². The second-order valence-electron chi connectivity index (χ2n) is 5.46. The van der Waals surface area contributed by atoms with E-state index in [-0.39, 0.29) is 18.4 Å². The molecule has 0 saturated carbocycles. The van der Waals surface area contributed by atoms with Crippen molar-refractivity contribution in [3.63, 3.8) is 0 Å². The second-order valence-corrected chi connectivity index (χ2v) is 5.46. The lowest BCUT2D eigenvalue weighted by Crippen LogP contribution is -2.45. The van der Waals surface area contributed by atoms with E-state index in [9.17, 15) is 9.59 Å². The molecule has 19 heavy (non-hydrogen) atoms. The Morgan fingerprint density at radius 1 is 1.32 bits per heavy atom. The van der Waals surface area contributed by atoms with E-state index >= 15 is 0 Å². The minimum atomic E-state index is -0.833. The molecule has 5 nitrogen and oxygen atoms in total. The van der Waals surface area contributed by atoms with Gasteiger partial charge in [-0.15, -0.1) is 0 Å². The SMILES string of the molecule is O=C(O)CNCC1CCCN(C(=O)C2CC=CC2)C1. The number of carboxylic acid groups (broad SMARTS) is 1.